The third-order valence-corrected chi connectivity index (χ3v) is 1.56. The summed E-state index contributed by atoms with van der Waals surface area (Å²) in [5, 5.41) is 3.28. The van der Waals surface area contributed by atoms with Gasteiger partial charge in [-0.05, 0) is 6.42 Å². The van der Waals surface area contributed by atoms with Crippen molar-refractivity contribution < 1.29 is 4.74 Å². The summed E-state index contributed by atoms with van der Waals surface area (Å²) in [7, 11) is 0. The van der Waals surface area contributed by atoms with Crippen LogP contribution in [0.2, 0.25) is 0 Å². The van der Waals surface area contributed by atoms with Crippen LogP contribution in [0.1, 0.15) is 6.42 Å². The SMILES string of the molecule is [CH]1OC2CNC1C2. The van der Waals surface area contributed by atoms with Gasteiger partial charge in [-0.2, -0.15) is 0 Å². The van der Waals surface area contributed by atoms with E-state index in [1.807, 2.05) is 6.61 Å². The van der Waals surface area contributed by atoms with Crippen LogP contribution in [-0.2, 0) is 4.74 Å². The maximum absolute atomic E-state index is 5.16. The third-order valence-electron chi connectivity index (χ3n) is 1.56. The average molecular weight is 98.1 g/mol. The summed E-state index contributed by atoms with van der Waals surface area (Å²) in [6.45, 7) is 2.95. The molecule has 0 amide bonds. The summed E-state index contributed by atoms with van der Waals surface area (Å²) in [6.07, 6.45) is 1.70. The average Bonchev–Trinajstić information content (AvgIpc) is 2.22. The minimum absolute atomic E-state index is 0.505. The first-order valence-electron chi connectivity index (χ1n) is 2.67. The highest BCUT2D eigenvalue weighted by molar-refractivity contribution is 4.94. The van der Waals surface area contributed by atoms with Gasteiger partial charge in [0.05, 0.1) is 6.10 Å². The van der Waals surface area contributed by atoms with E-state index in [2.05, 4.69) is 5.32 Å². The van der Waals surface area contributed by atoms with Crippen LogP contribution in [-0.4, -0.2) is 18.7 Å². The highest BCUT2D eigenvalue weighted by Crippen LogP contribution is 2.21. The Kier molecular flexibility index (Phi) is 0.664. The van der Waals surface area contributed by atoms with Crippen LogP contribution >= 0.6 is 0 Å². The van der Waals surface area contributed by atoms with Gasteiger partial charge in [0.25, 0.3) is 0 Å². The van der Waals surface area contributed by atoms with Crippen molar-refractivity contribution in [3.8, 4) is 0 Å². The van der Waals surface area contributed by atoms with Gasteiger partial charge >= 0.3 is 0 Å². The highest BCUT2D eigenvalue weighted by Gasteiger charge is 2.31. The molecule has 2 aliphatic heterocycles. The zero-order valence-electron chi connectivity index (χ0n) is 4.05. The molecule has 39 valence electrons. The van der Waals surface area contributed by atoms with Crippen molar-refractivity contribution in [3.05, 3.63) is 6.61 Å². The van der Waals surface area contributed by atoms with E-state index in [0.717, 1.165) is 6.54 Å². The Hall–Kier alpha value is -0.0800. The van der Waals surface area contributed by atoms with E-state index in [4.69, 9.17) is 4.74 Å². The molecule has 2 bridgehead atoms. The molecular formula is C5H8NO. The minimum Gasteiger partial charge on any atom is -0.369 e. The topological polar surface area (TPSA) is 21.3 Å². The maximum atomic E-state index is 5.16. The van der Waals surface area contributed by atoms with Gasteiger partial charge in [0.1, 0.15) is 6.61 Å². The second-order valence-corrected chi connectivity index (χ2v) is 2.14. The van der Waals surface area contributed by atoms with Crippen molar-refractivity contribution in [2.45, 2.75) is 18.6 Å². The fourth-order valence-corrected chi connectivity index (χ4v) is 1.15. The number of ether oxygens (including phenoxy) is 1. The minimum atomic E-state index is 0.505. The molecule has 2 saturated heterocycles. The van der Waals surface area contributed by atoms with E-state index in [0.29, 0.717) is 12.1 Å². The number of fused-ring (bicyclic) bond motifs is 2. The van der Waals surface area contributed by atoms with Crippen molar-refractivity contribution in [2.24, 2.45) is 0 Å². The molecule has 2 fully saturated rings. The molecule has 1 radical (unpaired) electrons. The largest absolute Gasteiger partial charge is 0.369 e. The van der Waals surface area contributed by atoms with Crippen LogP contribution in [0.25, 0.3) is 0 Å². The summed E-state index contributed by atoms with van der Waals surface area (Å²) in [6, 6.07) is 0.574. The van der Waals surface area contributed by atoms with Gasteiger partial charge in [-0.1, -0.05) is 0 Å². The fourth-order valence-electron chi connectivity index (χ4n) is 1.15. The van der Waals surface area contributed by atoms with E-state index >= 15 is 0 Å². The monoisotopic (exact) mass is 98.1 g/mol. The lowest BCUT2D eigenvalue weighted by atomic mass is 10.3. The molecular weight excluding hydrogens is 90.1 g/mol. The number of morpholine rings is 1. The second kappa shape index (κ2) is 1.20. The van der Waals surface area contributed by atoms with Crippen LogP contribution in [0, 0.1) is 6.61 Å². The lowest BCUT2D eigenvalue weighted by Gasteiger charge is -2.09. The standard InChI is InChI=1S/C5H8NO/c1-4-3-7-5(1)2-6-4/h3-6H,1-2H2. The van der Waals surface area contributed by atoms with E-state index in [-0.39, 0.29) is 0 Å². The highest BCUT2D eigenvalue weighted by atomic mass is 16.5. The predicted molar refractivity (Wildman–Crippen MR) is 25.6 cm³/mol. The van der Waals surface area contributed by atoms with Crippen LogP contribution in [0.3, 0.4) is 0 Å². The molecule has 7 heavy (non-hydrogen) atoms. The number of nitrogens with one attached hydrogen (secondary N) is 1. The molecule has 0 aromatic rings. The maximum Gasteiger partial charge on any atom is 0.101 e. The molecule has 0 aliphatic carbocycles. The molecule has 2 aliphatic rings. The van der Waals surface area contributed by atoms with Crippen molar-refractivity contribution in [1.82, 2.24) is 5.32 Å². The number of hydrogen-bond donors (Lipinski definition) is 1. The summed E-state index contributed by atoms with van der Waals surface area (Å²) >= 11 is 0. The van der Waals surface area contributed by atoms with Gasteiger partial charge in [0.15, 0.2) is 0 Å². The first-order valence-corrected chi connectivity index (χ1v) is 2.67. The van der Waals surface area contributed by atoms with Crippen molar-refractivity contribution >= 4 is 0 Å². The van der Waals surface area contributed by atoms with Crippen LogP contribution < -0.4 is 5.32 Å². The summed E-state index contributed by atoms with van der Waals surface area (Å²) < 4.78 is 5.16. The van der Waals surface area contributed by atoms with E-state index in [1.165, 1.54) is 6.42 Å². The quantitative estimate of drug-likeness (QED) is 0.457. The lowest BCUT2D eigenvalue weighted by Crippen LogP contribution is -2.27. The molecule has 0 saturated carbocycles. The molecule has 2 rings (SSSR count). The summed E-state index contributed by atoms with van der Waals surface area (Å²) in [5.41, 5.74) is 0. The predicted octanol–water partition coefficient (Wildman–Crippen LogP) is -0.0911. The van der Waals surface area contributed by atoms with Crippen molar-refractivity contribution in [2.75, 3.05) is 6.54 Å². The molecule has 2 atom stereocenters. The molecule has 2 nitrogen and oxygen atoms in total. The number of rotatable bonds is 0. The van der Waals surface area contributed by atoms with Gasteiger partial charge < -0.3 is 10.1 Å². The summed E-state index contributed by atoms with van der Waals surface area (Å²) in [4.78, 5) is 0. The van der Waals surface area contributed by atoms with Gasteiger partial charge in [-0.3, -0.25) is 0 Å². The van der Waals surface area contributed by atoms with Crippen LogP contribution in [0.5, 0.6) is 0 Å². The molecule has 1 N–H and O–H groups in total. The Balaban J connectivity index is 2.12. The Labute approximate surface area is 42.9 Å². The van der Waals surface area contributed by atoms with E-state index in [9.17, 15) is 0 Å². The van der Waals surface area contributed by atoms with Crippen molar-refractivity contribution in [1.29, 1.82) is 0 Å². The normalized spacial score (nSPS) is 48.0. The van der Waals surface area contributed by atoms with Crippen LogP contribution in [0.4, 0.5) is 0 Å². The van der Waals surface area contributed by atoms with Crippen molar-refractivity contribution in [3.63, 3.8) is 0 Å². The smallest absolute Gasteiger partial charge is 0.101 e. The zero-order valence-corrected chi connectivity index (χ0v) is 4.05. The molecule has 0 aromatic carbocycles. The molecule has 2 heterocycles. The Morgan fingerprint density at radius 3 is 2.86 bits per heavy atom. The molecule has 0 spiro atoms. The van der Waals surface area contributed by atoms with Gasteiger partial charge in [0.2, 0.25) is 0 Å². The Morgan fingerprint density at radius 1 is 1.71 bits per heavy atom. The van der Waals surface area contributed by atoms with Crippen LogP contribution in [0.15, 0.2) is 0 Å². The Morgan fingerprint density at radius 2 is 2.71 bits per heavy atom. The van der Waals surface area contributed by atoms with E-state index < -0.39 is 0 Å². The summed E-state index contributed by atoms with van der Waals surface area (Å²) in [5.74, 6) is 0. The second-order valence-electron chi connectivity index (χ2n) is 2.14. The van der Waals surface area contributed by atoms with E-state index in [1.54, 1.807) is 0 Å². The van der Waals surface area contributed by atoms with Gasteiger partial charge in [-0.25, -0.2) is 0 Å². The molecule has 0 aromatic heterocycles. The third kappa shape index (κ3) is 0.469. The Bertz CT molecular complexity index is 66.1. The van der Waals surface area contributed by atoms with Gasteiger partial charge in [-0.15, -0.1) is 0 Å². The number of hydrogen-bond acceptors (Lipinski definition) is 2. The first kappa shape index (κ1) is 3.87. The van der Waals surface area contributed by atoms with Gasteiger partial charge in [0, 0.05) is 12.6 Å². The first-order chi connectivity index (χ1) is 3.45. The fraction of sp³-hybridized carbons (Fsp3) is 0.800. The molecule has 2 heteroatoms. The zero-order chi connectivity index (χ0) is 4.69. The lowest BCUT2D eigenvalue weighted by molar-refractivity contribution is 0.139. The molecule has 2 unspecified atom stereocenters.